The first-order chi connectivity index (χ1) is 13.7. The molecule has 1 aromatic carbocycles. The van der Waals surface area contributed by atoms with E-state index in [-0.39, 0.29) is 0 Å². The van der Waals surface area contributed by atoms with Gasteiger partial charge in [-0.15, -0.1) is 0 Å². The van der Waals surface area contributed by atoms with Crippen LogP contribution in [0.4, 0.5) is 13.2 Å². The molecule has 2 N–H and O–H groups in total. The van der Waals surface area contributed by atoms with Crippen LogP contribution in [0.25, 0.3) is 0 Å². The van der Waals surface area contributed by atoms with Gasteiger partial charge in [-0.2, -0.15) is 13.2 Å². The number of amides is 1. The fourth-order valence-corrected chi connectivity index (χ4v) is 4.01. The summed E-state index contributed by atoms with van der Waals surface area (Å²) >= 11 is 5.84. The largest absolute Gasteiger partial charge is 0.496 e. The van der Waals surface area contributed by atoms with Gasteiger partial charge >= 0.3 is 6.18 Å². The molecule has 1 aromatic heterocycles. The normalized spacial score (nSPS) is 17.0. The lowest BCUT2D eigenvalue weighted by atomic mass is 9.86. The summed E-state index contributed by atoms with van der Waals surface area (Å²) in [5.41, 5.74) is -2.44. The van der Waals surface area contributed by atoms with Crippen LogP contribution in [-0.4, -0.2) is 28.7 Å². The second-order valence-electron chi connectivity index (χ2n) is 6.98. The Morgan fingerprint density at radius 2 is 1.93 bits per heavy atom. The molecule has 0 bridgehead atoms. The van der Waals surface area contributed by atoms with Gasteiger partial charge in [0.15, 0.2) is 0 Å². The quantitative estimate of drug-likeness (QED) is 0.733. The smallest absolute Gasteiger partial charge is 0.417 e. The lowest BCUT2D eigenvalue weighted by molar-refractivity contribution is -0.137. The number of halogens is 4. The fraction of sp³-hybridized carbons (Fsp3) is 0.400. The monoisotopic (exact) mass is 428 g/mol. The lowest BCUT2D eigenvalue weighted by Gasteiger charge is -2.34. The third-order valence-corrected chi connectivity index (χ3v) is 5.52. The highest BCUT2D eigenvalue weighted by atomic mass is 35.5. The number of carbonyl (C=O) groups is 1. The molecule has 156 valence electrons. The first-order valence-corrected chi connectivity index (χ1v) is 9.43. The summed E-state index contributed by atoms with van der Waals surface area (Å²) < 4.78 is 44.7. The number of hydrogen-bond donors (Lipinski definition) is 2. The van der Waals surface area contributed by atoms with Crippen molar-refractivity contribution in [2.75, 3.05) is 7.11 Å². The van der Waals surface area contributed by atoms with Crippen LogP contribution in [0.5, 0.6) is 5.75 Å². The van der Waals surface area contributed by atoms with Crippen molar-refractivity contribution < 1.29 is 27.8 Å². The Hall–Kier alpha value is -2.32. The molecule has 0 spiro atoms. The van der Waals surface area contributed by atoms with E-state index in [1.165, 1.54) is 7.11 Å². The minimum atomic E-state index is -4.72. The first-order valence-electron chi connectivity index (χ1n) is 9.05. The molecule has 1 aliphatic rings. The molecule has 1 atom stereocenters. The number of ether oxygens (including phenoxy) is 1. The van der Waals surface area contributed by atoms with E-state index in [2.05, 4.69) is 10.3 Å². The van der Waals surface area contributed by atoms with Gasteiger partial charge in [-0.05, 0) is 25.0 Å². The highest BCUT2D eigenvalue weighted by molar-refractivity contribution is 6.34. The van der Waals surface area contributed by atoms with Gasteiger partial charge in [0.1, 0.15) is 11.4 Å². The van der Waals surface area contributed by atoms with Crippen LogP contribution in [0.1, 0.15) is 53.3 Å². The highest BCUT2D eigenvalue weighted by Gasteiger charge is 2.43. The molecule has 2 aromatic rings. The Morgan fingerprint density at radius 3 is 2.55 bits per heavy atom. The van der Waals surface area contributed by atoms with Gasteiger partial charge in [0.2, 0.25) is 0 Å². The van der Waals surface area contributed by atoms with Crippen LogP contribution >= 0.6 is 11.6 Å². The maximum absolute atomic E-state index is 13.1. The van der Waals surface area contributed by atoms with E-state index in [1.807, 2.05) is 0 Å². The summed E-state index contributed by atoms with van der Waals surface area (Å²) in [7, 11) is 1.46. The van der Waals surface area contributed by atoms with Crippen molar-refractivity contribution in [1.29, 1.82) is 0 Å². The highest BCUT2D eigenvalue weighted by Crippen LogP contribution is 2.43. The van der Waals surface area contributed by atoms with Gasteiger partial charge in [0.25, 0.3) is 5.91 Å². The minimum absolute atomic E-state index is 0.430. The van der Waals surface area contributed by atoms with Crippen molar-refractivity contribution in [3.05, 3.63) is 58.4 Å². The van der Waals surface area contributed by atoms with Crippen molar-refractivity contribution in [3.8, 4) is 5.75 Å². The number of rotatable bonds is 5. The number of hydrogen-bond acceptors (Lipinski definition) is 4. The van der Waals surface area contributed by atoms with E-state index >= 15 is 0 Å². The molecule has 0 saturated heterocycles. The van der Waals surface area contributed by atoms with Gasteiger partial charge in [-0.3, -0.25) is 4.79 Å². The van der Waals surface area contributed by atoms with Gasteiger partial charge < -0.3 is 15.2 Å². The summed E-state index contributed by atoms with van der Waals surface area (Å²) in [6, 6.07) is 6.65. The molecule has 0 aliphatic heterocycles. The number of benzene rings is 1. The molecule has 1 aliphatic carbocycles. The standard InChI is InChI=1S/C20H20ClF3N2O3/c1-29-14-7-3-2-6-12(14)17(19(28)9-4-5-10-19)26-18(27)16-15(21)13(8-11-25-16)20(22,23)24/h2-3,6-8,11,17,28H,4-5,9-10H2,1H3,(H,26,27). The van der Waals surface area contributed by atoms with Crippen molar-refractivity contribution in [2.24, 2.45) is 0 Å². The predicted octanol–water partition coefficient (Wildman–Crippen LogP) is 4.54. The molecular weight excluding hydrogens is 409 g/mol. The summed E-state index contributed by atoms with van der Waals surface area (Å²) in [5.74, 6) is -0.460. The lowest BCUT2D eigenvalue weighted by Crippen LogP contribution is -2.45. The molecule has 1 amide bonds. The molecule has 1 fully saturated rings. The zero-order chi connectivity index (χ0) is 21.2. The average molecular weight is 429 g/mol. The summed E-state index contributed by atoms with van der Waals surface area (Å²) in [4.78, 5) is 16.6. The number of nitrogens with one attached hydrogen (secondary N) is 1. The van der Waals surface area contributed by atoms with Crippen LogP contribution in [0.3, 0.4) is 0 Å². The van der Waals surface area contributed by atoms with Crippen LogP contribution in [-0.2, 0) is 6.18 Å². The molecule has 1 unspecified atom stereocenters. The average Bonchev–Trinajstić information content (AvgIpc) is 3.12. The maximum atomic E-state index is 13.1. The van der Waals surface area contributed by atoms with E-state index in [1.54, 1.807) is 24.3 Å². The Morgan fingerprint density at radius 1 is 1.28 bits per heavy atom. The third-order valence-electron chi connectivity index (χ3n) is 5.14. The zero-order valence-corrected chi connectivity index (χ0v) is 16.3. The van der Waals surface area contributed by atoms with Crippen LogP contribution in [0, 0.1) is 0 Å². The Bertz CT molecular complexity index is 899. The SMILES string of the molecule is COc1ccccc1C(NC(=O)c1nccc(C(F)(F)F)c1Cl)C1(O)CCCC1. The van der Waals surface area contributed by atoms with Crippen LogP contribution in [0.15, 0.2) is 36.5 Å². The minimum Gasteiger partial charge on any atom is -0.496 e. The first kappa shape index (κ1) is 21.4. The van der Waals surface area contributed by atoms with Crippen LogP contribution in [0.2, 0.25) is 5.02 Å². The summed E-state index contributed by atoms with van der Waals surface area (Å²) in [5, 5.41) is 13.0. The second kappa shape index (κ2) is 8.20. The fourth-order valence-electron chi connectivity index (χ4n) is 3.70. The maximum Gasteiger partial charge on any atom is 0.417 e. The van der Waals surface area contributed by atoms with Crippen molar-refractivity contribution >= 4 is 17.5 Å². The van der Waals surface area contributed by atoms with E-state index < -0.39 is 40.0 Å². The number of aromatic nitrogens is 1. The van der Waals surface area contributed by atoms with Crippen molar-refractivity contribution in [2.45, 2.75) is 43.5 Å². The van der Waals surface area contributed by atoms with Gasteiger partial charge in [0, 0.05) is 11.8 Å². The van der Waals surface area contributed by atoms with Gasteiger partial charge in [-0.1, -0.05) is 42.6 Å². The predicted molar refractivity (Wildman–Crippen MR) is 101 cm³/mol. The van der Waals surface area contributed by atoms with Gasteiger partial charge in [-0.25, -0.2) is 4.98 Å². The molecule has 1 saturated carbocycles. The van der Waals surface area contributed by atoms with E-state index in [0.717, 1.165) is 19.0 Å². The van der Waals surface area contributed by atoms with Crippen molar-refractivity contribution in [1.82, 2.24) is 10.3 Å². The second-order valence-corrected chi connectivity index (χ2v) is 7.36. The van der Waals surface area contributed by atoms with Crippen molar-refractivity contribution in [3.63, 3.8) is 0 Å². The summed E-state index contributed by atoms with van der Waals surface area (Å²) in [6.07, 6.45) is -1.45. The van der Waals surface area contributed by atoms with E-state index in [0.29, 0.717) is 30.2 Å². The Balaban J connectivity index is 2.00. The van der Waals surface area contributed by atoms with E-state index in [9.17, 15) is 23.1 Å². The number of pyridine rings is 1. The molecular formula is C20H20ClF3N2O3. The zero-order valence-electron chi connectivity index (χ0n) is 15.6. The number of methoxy groups -OCH3 is 1. The van der Waals surface area contributed by atoms with Gasteiger partial charge in [0.05, 0.1) is 29.3 Å². The molecule has 1 heterocycles. The van der Waals surface area contributed by atoms with Crippen LogP contribution < -0.4 is 10.1 Å². The molecule has 29 heavy (non-hydrogen) atoms. The number of aliphatic hydroxyl groups is 1. The number of nitrogens with zero attached hydrogens (tertiary/aromatic N) is 1. The Labute approximate surface area is 170 Å². The Kier molecular flexibility index (Phi) is 6.05. The molecule has 5 nitrogen and oxygen atoms in total. The topological polar surface area (TPSA) is 71.5 Å². The molecule has 3 rings (SSSR count). The number of alkyl halides is 3. The number of para-hydroxylation sites is 1. The van der Waals surface area contributed by atoms with E-state index in [4.69, 9.17) is 16.3 Å². The summed E-state index contributed by atoms with van der Waals surface area (Å²) in [6.45, 7) is 0. The molecule has 9 heteroatoms. The number of carbonyl (C=O) groups excluding carboxylic acids is 1. The third kappa shape index (κ3) is 4.33. The molecule has 0 radical (unpaired) electrons.